The number of furan rings is 1. The van der Waals surface area contributed by atoms with Gasteiger partial charge in [-0.25, -0.2) is 9.97 Å². The molecule has 2 aromatic rings. The first-order valence-electron chi connectivity index (χ1n) is 4.41. The standard InChI is InChI=1S/C10H8N4OS/c1-16-10-13-8(7-3-2-4-15-7)6(5-11)9(12)14-10/h2-4H,1H3,(H2,12,13,14). The average Bonchev–Trinajstić information content (AvgIpc) is 2.81. The van der Waals surface area contributed by atoms with Crippen molar-refractivity contribution < 1.29 is 4.42 Å². The fraction of sp³-hybridized carbons (Fsp3) is 0.100. The van der Waals surface area contributed by atoms with Gasteiger partial charge in [0, 0.05) is 0 Å². The maximum atomic E-state index is 9.00. The summed E-state index contributed by atoms with van der Waals surface area (Å²) in [6, 6.07) is 5.44. The highest BCUT2D eigenvalue weighted by Crippen LogP contribution is 2.26. The van der Waals surface area contributed by atoms with Crippen LogP contribution in [0.5, 0.6) is 0 Å². The Bertz CT molecular complexity index is 545. The molecule has 80 valence electrons. The topological polar surface area (TPSA) is 88.7 Å². The summed E-state index contributed by atoms with van der Waals surface area (Å²) in [6.45, 7) is 0. The molecule has 0 saturated carbocycles. The number of aromatic nitrogens is 2. The second-order valence-electron chi connectivity index (χ2n) is 2.91. The summed E-state index contributed by atoms with van der Waals surface area (Å²) in [6.07, 6.45) is 3.36. The summed E-state index contributed by atoms with van der Waals surface area (Å²) >= 11 is 1.36. The Labute approximate surface area is 96.3 Å². The fourth-order valence-electron chi connectivity index (χ4n) is 1.25. The zero-order chi connectivity index (χ0) is 11.5. The van der Waals surface area contributed by atoms with Crippen LogP contribution in [0.1, 0.15) is 5.56 Å². The van der Waals surface area contributed by atoms with E-state index < -0.39 is 0 Å². The third-order valence-electron chi connectivity index (χ3n) is 1.97. The predicted molar refractivity (Wildman–Crippen MR) is 60.6 cm³/mol. The van der Waals surface area contributed by atoms with E-state index in [1.807, 2.05) is 12.3 Å². The van der Waals surface area contributed by atoms with Crippen molar-refractivity contribution in [3.63, 3.8) is 0 Å². The van der Waals surface area contributed by atoms with Crippen molar-refractivity contribution in [1.29, 1.82) is 5.26 Å². The number of nitrogens with two attached hydrogens (primary N) is 1. The third-order valence-corrected chi connectivity index (χ3v) is 2.51. The summed E-state index contributed by atoms with van der Waals surface area (Å²) < 4.78 is 5.21. The van der Waals surface area contributed by atoms with E-state index in [4.69, 9.17) is 15.4 Å². The predicted octanol–water partition coefficient (Wildman–Crippen LogP) is 1.91. The van der Waals surface area contributed by atoms with E-state index in [1.165, 1.54) is 18.0 Å². The van der Waals surface area contributed by atoms with Crippen LogP contribution in [0.15, 0.2) is 28.0 Å². The Balaban J connectivity index is 2.67. The van der Waals surface area contributed by atoms with Gasteiger partial charge in [-0.15, -0.1) is 0 Å². The molecule has 2 N–H and O–H groups in total. The lowest BCUT2D eigenvalue weighted by molar-refractivity contribution is 0.578. The first-order chi connectivity index (χ1) is 7.76. The molecule has 0 aliphatic rings. The van der Waals surface area contributed by atoms with Crippen LogP contribution in [0.25, 0.3) is 11.5 Å². The summed E-state index contributed by atoms with van der Waals surface area (Å²) in [7, 11) is 0. The SMILES string of the molecule is CSc1nc(N)c(C#N)c(-c2ccco2)n1. The Morgan fingerprint density at radius 2 is 2.31 bits per heavy atom. The highest BCUT2D eigenvalue weighted by molar-refractivity contribution is 7.98. The van der Waals surface area contributed by atoms with Crippen LogP contribution in [-0.2, 0) is 0 Å². The smallest absolute Gasteiger partial charge is 0.189 e. The maximum absolute atomic E-state index is 9.00. The summed E-state index contributed by atoms with van der Waals surface area (Å²) in [5.74, 6) is 0.689. The van der Waals surface area contributed by atoms with Gasteiger partial charge >= 0.3 is 0 Å². The molecule has 0 atom stereocenters. The van der Waals surface area contributed by atoms with Gasteiger partial charge < -0.3 is 10.2 Å². The lowest BCUT2D eigenvalue weighted by Crippen LogP contribution is -2.01. The van der Waals surface area contributed by atoms with Crippen molar-refractivity contribution in [2.75, 3.05) is 12.0 Å². The van der Waals surface area contributed by atoms with E-state index in [-0.39, 0.29) is 11.4 Å². The second kappa shape index (κ2) is 4.24. The van der Waals surface area contributed by atoms with Crippen LogP contribution in [-0.4, -0.2) is 16.2 Å². The molecule has 2 aromatic heterocycles. The molecule has 16 heavy (non-hydrogen) atoms. The van der Waals surface area contributed by atoms with Crippen molar-refractivity contribution in [2.45, 2.75) is 5.16 Å². The van der Waals surface area contributed by atoms with E-state index in [1.54, 1.807) is 12.1 Å². The molecule has 0 radical (unpaired) electrons. The molecular formula is C10H8N4OS. The number of nitrogens with zero attached hydrogens (tertiary/aromatic N) is 3. The quantitative estimate of drug-likeness (QED) is 0.628. The van der Waals surface area contributed by atoms with Gasteiger partial charge in [-0.1, -0.05) is 11.8 Å². The minimum atomic E-state index is 0.174. The number of nitrogen functional groups attached to an aromatic ring is 1. The number of anilines is 1. The normalized spacial score (nSPS) is 10.0. The van der Waals surface area contributed by atoms with Crippen LogP contribution in [0.4, 0.5) is 5.82 Å². The van der Waals surface area contributed by atoms with Gasteiger partial charge in [0.1, 0.15) is 23.1 Å². The summed E-state index contributed by atoms with van der Waals surface area (Å²) in [5, 5.41) is 9.52. The molecule has 2 rings (SSSR count). The Morgan fingerprint density at radius 3 is 2.88 bits per heavy atom. The van der Waals surface area contributed by atoms with Crippen molar-refractivity contribution >= 4 is 17.6 Å². The Morgan fingerprint density at radius 1 is 1.50 bits per heavy atom. The lowest BCUT2D eigenvalue weighted by atomic mass is 10.2. The number of hydrogen-bond acceptors (Lipinski definition) is 6. The van der Waals surface area contributed by atoms with Crippen molar-refractivity contribution in [2.24, 2.45) is 0 Å². The highest BCUT2D eigenvalue weighted by atomic mass is 32.2. The van der Waals surface area contributed by atoms with Crippen LogP contribution in [0.2, 0.25) is 0 Å². The summed E-state index contributed by atoms with van der Waals surface area (Å²) in [5.41, 5.74) is 6.36. The molecule has 0 aromatic carbocycles. The zero-order valence-electron chi connectivity index (χ0n) is 8.47. The van der Waals surface area contributed by atoms with Crippen molar-refractivity contribution in [1.82, 2.24) is 9.97 Å². The van der Waals surface area contributed by atoms with Crippen LogP contribution in [0, 0.1) is 11.3 Å². The molecule has 0 aliphatic heterocycles. The Hall–Kier alpha value is -2.00. The van der Waals surface area contributed by atoms with E-state index in [0.717, 1.165) is 0 Å². The third kappa shape index (κ3) is 1.73. The Kier molecular flexibility index (Phi) is 2.79. The number of hydrogen-bond donors (Lipinski definition) is 1. The molecular weight excluding hydrogens is 224 g/mol. The maximum Gasteiger partial charge on any atom is 0.189 e. The van der Waals surface area contributed by atoms with E-state index in [9.17, 15) is 0 Å². The number of thioether (sulfide) groups is 1. The first kappa shape index (κ1) is 10.5. The van der Waals surface area contributed by atoms with E-state index >= 15 is 0 Å². The van der Waals surface area contributed by atoms with Gasteiger partial charge in [-0.2, -0.15) is 5.26 Å². The molecule has 0 aliphatic carbocycles. The summed E-state index contributed by atoms with van der Waals surface area (Å²) in [4.78, 5) is 8.22. The van der Waals surface area contributed by atoms with Crippen molar-refractivity contribution in [3.05, 3.63) is 24.0 Å². The average molecular weight is 232 g/mol. The minimum absolute atomic E-state index is 0.174. The van der Waals surface area contributed by atoms with Gasteiger partial charge in [-0.05, 0) is 18.4 Å². The number of nitriles is 1. The number of rotatable bonds is 2. The monoisotopic (exact) mass is 232 g/mol. The van der Waals surface area contributed by atoms with Crippen LogP contribution >= 0.6 is 11.8 Å². The van der Waals surface area contributed by atoms with E-state index in [2.05, 4.69) is 9.97 Å². The largest absolute Gasteiger partial charge is 0.463 e. The van der Waals surface area contributed by atoms with Gasteiger partial charge in [0.05, 0.1) is 6.26 Å². The molecule has 0 amide bonds. The molecule has 2 heterocycles. The fourth-order valence-corrected chi connectivity index (χ4v) is 1.62. The molecule has 0 spiro atoms. The second-order valence-corrected chi connectivity index (χ2v) is 3.68. The van der Waals surface area contributed by atoms with Crippen LogP contribution < -0.4 is 5.73 Å². The van der Waals surface area contributed by atoms with Gasteiger partial charge in [0.2, 0.25) is 0 Å². The zero-order valence-corrected chi connectivity index (χ0v) is 9.28. The first-order valence-corrected chi connectivity index (χ1v) is 5.64. The van der Waals surface area contributed by atoms with E-state index in [0.29, 0.717) is 16.6 Å². The molecule has 5 nitrogen and oxygen atoms in total. The van der Waals surface area contributed by atoms with Gasteiger partial charge in [0.25, 0.3) is 0 Å². The molecule has 6 heteroatoms. The van der Waals surface area contributed by atoms with Gasteiger partial charge in [0.15, 0.2) is 10.9 Å². The molecule has 0 fully saturated rings. The van der Waals surface area contributed by atoms with Gasteiger partial charge in [-0.3, -0.25) is 0 Å². The van der Waals surface area contributed by atoms with Crippen molar-refractivity contribution in [3.8, 4) is 17.5 Å². The van der Waals surface area contributed by atoms with Crippen LogP contribution in [0.3, 0.4) is 0 Å². The molecule has 0 unspecified atom stereocenters. The lowest BCUT2D eigenvalue weighted by Gasteiger charge is -2.04. The minimum Gasteiger partial charge on any atom is -0.463 e. The molecule has 0 saturated heterocycles. The highest BCUT2D eigenvalue weighted by Gasteiger charge is 2.15. The molecule has 0 bridgehead atoms.